The highest BCUT2D eigenvalue weighted by Crippen LogP contribution is 2.24. The lowest BCUT2D eigenvalue weighted by atomic mass is 10.0. The molecule has 0 spiro atoms. The first kappa shape index (κ1) is 17.5. The van der Waals surface area contributed by atoms with Gasteiger partial charge in [0.25, 0.3) is 5.91 Å². The van der Waals surface area contributed by atoms with Crippen molar-refractivity contribution in [3.8, 4) is 5.69 Å². The van der Waals surface area contributed by atoms with Crippen LogP contribution in [-0.2, 0) is 4.74 Å². The Bertz CT molecular complexity index is 842. The third-order valence-corrected chi connectivity index (χ3v) is 5.25. The molecule has 8 nitrogen and oxygen atoms in total. The van der Waals surface area contributed by atoms with Gasteiger partial charge in [-0.15, -0.1) is 5.10 Å². The van der Waals surface area contributed by atoms with Gasteiger partial charge in [0.2, 0.25) is 0 Å². The number of rotatable bonds is 3. The van der Waals surface area contributed by atoms with E-state index in [1.165, 1.54) is 4.80 Å². The second kappa shape index (κ2) is 7.02. The summed E-state index contributed by atoms with van der Waals surface area (Å²) in [5.74, 6) is -0.106. The number of aryl methyl sites for hydroxylation is 1. The average molecular weight is 369 g/mol. The summed E-state index contributed by atoms with van der Waals surface area (Å²) >= 11 is 0. The third-order valence-electron chi connectivity index (χ3n) is 5.25. The second-order valence-electron chi connectivity index (χ2n) is 7.12. The van der Waals surface area contributed by atoms with Crippen LogP contribution in [0.4, 0.5) is 4.79 Å². The summed E-state index contributed by atoms with van der Waals surface area (Å²) in [6.45, 7) is 5.43. The Hall–Kier alpha value is -2.90. The van der Waals surface area contributed by atoms with Crippen LogP contribution in [0.3, 0.4) is 0 Å². The summed E-state index contributed by atoms with van der Waals surface area (Å²) in [7, 11) is 0. The molecule has 2 amide bonds. The van der Waals surface area contributed by atoms with Crippen LogP contribution in [0.15, 0.2) is 30.3 Å². The van der Waals surface area contributed by atoms with E-state index in [2.05, 4.69) is 10.2 Å². The average Bonchev–Trinajstić information content (AvgIpc) is 3.24. The Balaban J connectivity index is 1.44. The molecule has 0 radical (unpaired) electrons. The molecule has 27 heavy (non-hydrogen) atoms. The zero-order chi connectivity index (χ0) is 19.0. The van der Waals surface area contributed by atoms with Gasteiger partial charge in [-0.2, -0.15) is 9.90 Å². The fourth-order valence-corrected chi connectivity index (χ4v) is 3.79. The molecule has 0 aliphatic carbocycles. The van der Waals surface area contributed by atoms with Crippen molar-refractivity contribution in [1.29, 1.82) is 0 Å². The predicted molar refractivity (Wildman–Crippen MR) is 97.7 cm³/mol. The fraction of sp³-hybridized carbons (Fsp3) is 0.474. The molecule has 1 atom stereocenters. The van der Waals surface area contributed by atoms with E-state index in [9.17, 15) is 9.59 Å². The third kappa shape index (κ3) is 3.27. The molecule has 4 rings (SSSR count). The molecule has 1 aromatic carbocycles. The SMILES string of the molecule is Cc1nn(-c2ccccc2)nc1C(=O)N1CCC(N2C(=O)OCC2C)CC1. The van der Waals surface area contributed by atoms with E-state index < -0.39 is 0 Å². The summed E-state index contributed by atoms with van der Waals surface area (Å²) in [6.07, 6.45) is 1.25. The molecule has 0 N–H and O–H groups in total. The fourth-order valence-electron chi connectivity index (χ4n) is 3.79. The van der Waals surface area contributed by atoms with Crippen LogP contribution in [0.25, 0.3) is 5.69 Å². The van der Waals surface area contributed by atoms with Gasteiger partial charge in [-0.1, -0.05) is 18.2 Å². The highest BCUT2D eigenvalue weighted by Gasteiger charge is 2.38. The van der Waals surface area contributed by atoms with Gasteiger partial charge in [-0.3, -0.25) is 9.69 Å². The van der Waals surface area contributed by atoms with Crippen LogP contribution >= 0.6 is 0 Å². The van der Waals surface area contributed by atoms with Crippen molar-refractivity contribution in [2.75, 3.05) is 19.7 Å². The summed E-state index contributed by atoms with van der Waals surface area (Å²) in [5.41, 5.74) is 1.81. The molecule has 8 heteroatoms. The van der Waals surface area contributed by atoms with Crippen LogP contribution in [0.1, 0.15) is 35.9 Å². The van der Waals surface area contributed by atoms with Crippen molar-refractivity contribution in [3.63, 3.8) is 0 Å². The van der Waals surface area contributed by atoms with Gasteiger partial charge < -0.3 is 9.64 Å². The smallest absolute Gasteiger partial charge is 0.410 e. The first-order valence-corrected chi connectivity index (χ1v) is 9.28. The number of hydrogen-bond donors (Lipinski definition) is 0. The van der Waals surface area contributed by atoms with Gasteiger partial charge in [-0.25, -0.2) is 4.79 Å². The van der Waals surface area contributed by atoms with Gasteiger partial charge >= 0.3 is 6.09 Å². The minimum atomic E-state index is -0.242. The quantitative estimate of drug-likeness (QED) is 0.827. The highest BCUT2D eigenvalue weighted by atomic mass is 16.6. The highest BCUT2D eigenvalue weighted by molar-refractivity contribution is 5.93. The zero-order valence-corrected chi connectivity index (χ0v) is 15.5. The number of para-hydroxylation sites is 1. The van der Waals surface area contributed by atoms with E-state index in [4.69, 9.17) is 4.74 Å². The number of hydrogen-bond acceptors (Lipinski definition) is 5. The Morgan fingerprint density at radius 1 is 1.15 bits per heavy atom. The number of nitrogens with zero attached hydrogens (tertiary/aromatic N) is 5. The number of cyclic esters (lactones) is 1. The number of piperidine rings is 1. The minimum absolute atomic E-state index is 0.0952. The lowest BCUT2D eigenvalue weighted by molar-refractivity contribution is 0.0635. The van der Waals surface area contributed by atoms with Crippen molar-refractivity contribution in [2.45, 2.75) is 38.8 Å². The topological polar surface area (TPSA) is 80.6 Å². The molecule has 2 aromatic rings. The van der Waals surface area contributed by atoms with Crippen LogP contribution in [0, 0.1) is 6.92 Å². The molecule has 0 bridgehead atoms. The molecule has 1 aromatic heterocycles. The van der Waals surface area contributed by atoms with Gasteiger partial charge in [0.05, 0.1) is 17.4 Å². The summed E-state index contributed by atoms with van der Waals surface area (Å²) in [5, 5.41) is 8.79. The van der Waals surface area contributed by atoms with Crippen LogP contribution in [0.2, 0.25) is 0 Å². The number of amides is 2. The number of benzene rings is 1. The van der Waals surface area contributed by atoms with Crippen molar-refractivity contribution in [1.82, 2.24) is 24.8 Å². The van der Waals surface area contributed by atoms with Crippen molar-refractivity contribution in [3.05, 3.63) is 41.7 Å². The number of carbonyl (C=O) groups excluding carboxylic acids is 2. The minimum Gasteiger partial charge on any atom is -0.447 e. The van der Waals surface area contributed by atoms with E-state index in [1.54, 1.807) is 11.8 Å². The molecule has 2 saturated heterocycles. The summed E-state index contributed by atoms with van der Waals surface area (Å²) in [6, 6.07) is 9.76. The Morgan fingerprint density at radius 3 is 2.48 bits per heavy atom. The maximum absolute atomic E-state index is 12.9. The van der Waals surface area contributed by atoms with E-state index in [0.717, 1.165) is 18.5 Å². The molecule has 1 unspecified atom stereocenters. The number of aromatic nitrogens is 3. The molecule has 2 aliphatic heterocycles. The van der Waals surface area contributed by atoms with E-state index in [0.29, 0.717) is 31.1 Å². The molecular weight excluding hydrogens is 346 g/mol. The largest absolute Gasteiger partial charge is 0.447 e. The van der Waals surface area contributed by atoms with E-state index in [1.807, 2.05) is 42.2 Å². The first-order valence-electron chi connectivity index (χ1n) is 9.28. The lowest BCUT2D eigenvalue weighted by Gasteiger charge is -2.36. The standard InChI is InChI=1S/C19H23N5O3/c1-13-12-27-19(26)23(13)15-8-10-22(11-9-15)18(25)17-14(2)20-24(21-17)16-6-4-3-5-7-16/h3-7,13,15H,8-12H2,1-2H3. The zero-order valence-electron chi connectivity index (χ0n) is 15.5. The van der Waals surface area contributed by atoms with E-state index >= 15 is 0 Å². The first-order chi connectivity index (χ1) is 13.0. The molecule has 142 valence electrons. The summed E-state index contributed by atoms with van der Waals surface area (Å²) < 4.78 is 5.12. The molecular formula is C19H23N5O3. The Labute approximate surface area is 157 Å². The predicted octanol–water partition coefficient (Wildman–Crippen LogP) is 2.02. The maximum atomic E-state index is 12.9. The van der Waals surface area contributed by atoms with Gasteiger partial charge in [-0.05, 0) is 38.8 Å². The van der Waals surface area contributed by atoms with Gasteiger partial charge in [0, 0.05) is 19.1 Å². The second-order valence-corrected chi connectivity index (χ2v) is 7.12. The van der Waals surface area contributed by atoms with E-state index in [-0.39, 0.29) is 24.1 Å². The van der Waals surface area contributed by atoms with Crippen molar-refractivity contribution >= 4 is 12.0 Å². The molecule has 2 aliphatic rings. The molecule has 0 saturated carbocycles. The van der Waals surface area contributed by atoms with Crippen molar-refractivity contribution < 1.29 is 14.3 Å². The Morgan fingerprint density at radius 2 is 1.85 bits per heavy atom. The number of likely N-dealkylation sites (tertiary alicyclic amines) is 1. The normalized spacial score (nSPS) is 20.8. The molecule has 2 fully saturated rings. The monoisotopic (exact) mass is 369 g/mol. The van der Waals surface area contributed by atoms with Crippen LogP contribution in [0.5, 0.6) is 0 Å². The van der Waals surface area contributed by atoms with Crippen LogP contribution in [-0.4, -0.2) is 68.6 Å². The summed E-state index contributed by atoms with van der Waals surface area (Å²) in [4.78, 5) is 29.9. The number of carbonyl (C=O) groups is 2. The molecule has 3 heterocycles. The van der Waals surface area contributed by atoms with Crippen LogP contribution < -0.4 is 0 Å². The van der Waals surface area contributed by atoms with Gasteiger partial charge in [0.1, 0.15) is 6.61 Å². The maximum Gasteiger partial charge on any atom is 0.410 e. The van der Waals surface area contributed by atoms with Gasteiger partial charge in [0.15, 0.2) is 5.69 Å². The Kier molecular flexibility index (Phi) is 4.55. The number of ether oxygens (including phenoxy) is 1. The van der Waals surface area contributed by atoms with Crippen molar-refractivity contribution in [2.24, 2.45) is 0 Å². The lowest BCUT2D eigenvalue weighted by Crippen LogP contribution is -2.49.